The molecule has 0 radical (unpaired) electrons. The normalized spacial score (nSPS) is 28.0. The van der Waals surface area contributed by atoms with Gasteiger partial charge in [0.1, 0.15) is 0 Å². The fourth-order valence-electron chi connectivity index (χ4n) is 4.95. The number of urea groups is 1. The van der Waals surface area contributed by atoms with Crippen LogP contribution in [0.25, 0.3) is 0 Å². The van der Waals surface area contributed by atoms with Gasteiger partial charge >= 0.3 is 6.03 Å². The van der Waals surface area contributed by atoms with E-state index in [-0.39, 0.29) is 16.9 Å². The minimum atomic E-state index is 0.113. The van der Waals surface area contributed by atoms with Crippen LogP contribution in [0.5, 0.6) is 0 Å². The molecule has 3 aliphatic heterocycles. The number of nitrogens with zero attached hydrogens (tertiary/aromatic N) is 2. The van der Waals surface area contributed by atoms with Gasteiger partial charge in [-0.3, -0.25) is 4.90 Å². The first-order valence-electron chi connectivity index (χ1n) is 10.4. The summed E-state index contributed by atoms with van der Waals surface area (Å²) in [5.74, 6) is 0. The zero-order valence-corrected chi connectivity index (χ0v) is 16.6. The van der Waals surface area contributed by atoms with E-state index in [0.717, 1.165) is 52.4 Å². The van der Waals surface area contributed by atoms with Crippen molar-refractivity contribution in [1.29, 1.82) is 0 Å². The van der Waals surface area contributed by atoms with Crippen molar-refractivity contribution in [2.45, 2.75) is 39.2 Å². The Kier molecular flexibility index (Phi) is 5.42. The molecule has 1 unspecified atom stereocenters. The first kappa shape index (κ1) is 18.8. The lowest BCUT2D eigenvalue weighted by Crippen LogP contribution is -2.57. The van der Waals surface area contributed by atoms with Crippen LogP contribution in [-0.2, 0) is 11.3 Å². The van der Waals surface area contributed by atoms with Crippen molar-refractivity contribution in [1.82, 2.24) is 15.1 Å². The molecule has 1 N–H and O–H groups in total. The van der Waals surface area contributed by atoms with Crippen molar-refractivity contribution in [2.75, 3.05) is 45.9 Å². The molecule has 0 aliphatic carbocycles. The van der Waals surface area contributed by atoms with E-state index in [2.05, 4.69) is 52.4 Å². The van der Waals surface area contributed by atoms with Gasteiger partial charge in [0.25, 0.3) is 0 Å². The fraction of sp³-hybridized carbons (Fsp3) is 0.682. The van der Waals surface area contributed by atoms with E-state index >= 15 is 0 Å². The van der Waals surface area contributed by atoms with Crippen molar-refractivity contribution >= 4 is 6.03 Å². The third kappa shape index (κ3) is 4.46. The number of piperidine rings is 2. The lowest BCUT2D eigenvalue weighted by Gasteiger charge is -2.48. The van der Waals surface area contributed by atoms with Gasteiger partial charge in [0.2, 0.25) is 0 Å². The Bertz CT molecular complexity index is 642. The average molecular weight is 372 g/mol. The van der Waals surface area contributed by atoms with Gasteiger partial charge in [-0.1, -0.05) is 37.3 Å². The van der Waals surface area contributed by atoms with Gasteiger partial charge in [0, 0.05) is 43.6 Å². The Morgan fingerprint density at radius 1 is 1.11 bits per heavy atom. The minimum Gasteiger partial charge on any atom is -0.380 e. The first-order valence-corrected chi connectivity index (χ1v) is 10.4. The molecule has 0 aromatic heterocycles. The molecule has 5 heteroatoms. The Morgan fingerprint density at radius 3 is 2.56 bits per heavy atom. The van der Waals surface area contributed by atoms with Crippen molar-refractivity contribution < 1.29 is 9.53 Å². The SMILES string of the molecule is CC1(CNC(=O)N2CCCC3(CCCN(Cc4ccccc4)C3)C2)COC1. The van der Waals surface area contributed by atoms with Gasteiger partial charge in [-0.15, -0.1) is 0 Å². The molecule has 3 fully saturated rings. The molecule has 1 spiro atoms. The maximum Gasteiger partial charge on any atom is 0.317 e. The summed E-state index contributed by atoms with van der Waals surface area (Å²) >= 11 is 0. The predicted octanol–water partition coefficient (Wildman–Crippen LogP) is 3.11. The number of likely N-dealkylation sites (tertiary alicyclic amines) is 2. The summed E-state index contributed by atoms with van der Waals surface area (Å²) in [6, 6.07) is 10.9. The topological polar surface area (TPSA) is 44.8 Å². The number of benzene rings is 1. The van der Waals surface area contributed by atoms with Crippen LogP contribution in [0.3, 0.4) is 0 Å². The molecule has 0 saturated carbocycles. The molecule has 1 aromatic carbocycles. The predicted molar refractivity (Wildman–Crippen MR) is 107 cm³/mol. The highest BCUT2D eigenvalue weighted by Crippen LogP contribution is 2.39. The largest absolute Gasteiger partial charge is 0.380 e. The zero-order valence-electron chi connectivity index (χ0n) is 16.6. The summed E-state index contributed by atoms with van der Waals surface area (Å²) in [5.41, 5.74) is 1.78. The standard InChI is InChI=1S/C22H33N3O2/c1-21(17-27-18-21)14-23-20(26)25-12-6-10-22(16-25)9-5-11-24(15-22)13-19-7-3-2-4-8-19/h2-4,7-8H,5-6,9-18H2,1H3,(H,23,26). The number of ether oxygens (including phenoxy) is 1. The van der Waals surface area contributed by atoms with Crippen LogP contribution in [0.1, 0.15) is 38.2 Å². The maximum atomic E-state index is 12.7. The van der Waals surface area contributed by atoms with Crippen LogP contribution in [0, 0.1) is 10.8 Å². The molecular weight excluding hydrogens is 338 g/mol. The van der Waals surface area contributed by atoms with E-state index in [4.69, 9.17) is 4.74 Å². The molecule has 0 bridgehead atoms. The van der Waals surface area contributed by atoms with Gasteiger partial charge < -0.3 is 15.0 Å². The van der Waals surface area contributed by atoms with Crippen LogP contribution < -0.4 is 5.32 Å². The molecule has 3 aliphatic rings. The number of carbonyl (C=O) groups is 1. The van der Waals surface area contributed by atoms with Crippen LogP contribution in [0.2, 0.25) is 0 Å². The molecule has 3 heterocycles. The maximum absolute atomic E-state index is 12.7. The summed E-state index contributed by atoms with van der Waals surface area (Å²) in [7, 11) is 0. The molecule has 148 valence electrons. The third-order valence-electron chi connectivity index (χ3n) is 6.51. The molecule has 4 rings (SSSR count). The summed E-state index contributed by atoms with van der Waals surface area (Å²) in [5, 5.41) is 3.16. The number of nitrogens with one attached hydrogen (secondary N) is 1. The number of hydrogen-bond donors (Lipinski definition) is 1. The molecule has 27 heavy (non-hydrogen) atoms. The number of rotatable bonds is 4. The number of amides is 2. The van der Waals surface area contributed by atoms with Gasteiger partial charge in [-0.25, -0.2) is 4.79 Å². The summed E-state index contributed by atoms with van der Waals surface area (Å²) in [6.07, 6.45) is 4.84. The zero-order chi connectivity index (χ0) is 18.7. The minimum absolute atomic E-state index is 0.113. The van der Waals surface area contributed by atoms with Crippen LogP contribution in [0.15, 0.2) is 30.3 Å². The van der Waals surface area contributed by atoms with E-state index in [1.165, 1.54) is 31.4 Å². The summed E-state index contributed by atoms with van der Waals surface area (Å²) in [6.45, 7) is 9.49. The van der Waals surface area contributed by atoms with E-state index in [1.807, 2.05) is 0 Å². The molecule has 1 aromatic rings. The Balaban J connectivity index is 1.33. The van der Waals surface area contributed by atoms with Crippen molar-refractivity contribution in [3.05, 3.63) is 35.9 Å². The van der Waals surface area contributed by atoms with Gasteiger partial charge in [-0.2, -0.15) is 0 Å². The van der Waals surface area contributed by atoms with E-state index < -0.39 is 0 Å². The van der Waals surface area contributed by atoms with Crippen LogP contribution >= 0.6 is 0 Å². The highest BCUT2D eigenvalue weighted by molar-refractivity contribution is 5.74. The Morgan fingerprint density at radius 2 is 1.85 bits per heavy atom. The second-order valence-corrected chi connectivity index (χ2v) is 9.29. The van der Waals surface area contributed by atoms with Crippen molar-refractivity contribution in [3.8, 4) is 0 Å². The average Bonchev–Trinajstić information content (AvgIpc) is 2.65. The Labute approximate surface area is 163 Å². The van der Waals surface area contributed by atoms with Gasteiger partial charge in [-0.05, 0) is 37.8 Å². The number of carbonyl (C=O) groups excluding carboxylic acids is 1. The second-order valence-electron chi connectivity index (χ2n) is 9.29. The first-order chi connectivity index (χ1) is 13.1. The van der Waals surface area contributed by atoms with Crippen LogP contribution in [-0.4, -0.2) is 61.8 Å². The molecule has 3 saturated heterocycles. The van der Waals surface area contributed by atoms with Gasteiger partial charge in [0.05, 0.1) is 13.2 Å². The Hall–Kier alpha value is -1.59. The molecule has 1 atom stereocenters. The number of hydrogen-bond acceptors (Lipinski definition) is 3. The third-order valence-corrected chi connectivity index (χ3v) is 6.51. The summed E-state index contributed by atoms with van der Waals surface area (Å²) < 4.78 is 5.30. The summed E-state index contributed by atoms with van der Waals surface area (Å²) in [4.78, 5) is 17.4. The highest BCUT2D eigenvalue weighted by Gasteiger charge is 2.41. The molecular formula is C22H33N3O2. The van der Waals surface area contributed by atoms with Crippen molar-refractivity contribution in [3.63, 3.8) is 0 Å². The van der Waals surface area contributed by atoms with E-state index in [0.29, 0.717) is 0 Å². The van der Waals surface area contributed by atoms with Gasteiger partial charge in [0.15, 0.2) is 0 Å². The smallest absolute Gasteiger partial charge is 0.317 e. The lowest BCUT2D eigenvalue weighted by molar-refractivity contribution is -0.0980. The second kappa shape index (κ2) is 7.80. The van der Waals surface area contributed by atoms with Crippen LogP contribution in [0.4, 0.5) is 4.79 Å². The molecule has 5 nitrogen and oxygen atoms in total. The monoisotopic (exact) mass is 371 g/mol. The van der Waals surface area contributed by atoms with E-state index in [1.54, 1.807) is 0 Å². The quantitative estimate of drug-likeness (QED) is 0.884. The lowest BCUT2D eigenvalue weighted by atomic mass is 9.73. The highest BCUT2D eigenvalue weighted by atomic mass is 16.5. The molecule has 2 amide bonds. The van der Waals surface area contributed by atoms with E-state index in [9.17, 15) is 4.79 Å². The van der Waals surface area contributed by atoms with Crippen molar-refractivity contribution in [2.24, 2.45) is 10.8 Å². The fourth-order valence-corrected chi connectivity index (χ4v) is 4.95.